The first-order chi connectivity index (χ1) is 13.1. The highest BCUT2D eigenvalue weighted by atomic mass is 16.5. The van der Waals surface area contributed by atoms with Crippen molar-refractivity contribution >= 4 is 5.91 Å². The Hall–Kier alpha value is -2.47. The largest absolute Gasteiger partial charge is 0.481 e. The summed E-state index contributed by atoms with van der Waals surface area (Å²) in [5, 5.41) is 3.44. The summed E-state index contributed by atoms with van der Waals surface area (Å²) in [6, 6.07) is 8.04. The molecule has 2 aliphatic rings. The molecule has 1 amide bonds. The molecule has 2 aliphatic heterocycles. The summed E-state index contributed by atoms with van der Waals surface area (Å²) in [6.45, 7) is 6.09. The topological polar surface area (TPSA) is 67.3 Å². The normalized spacial score (nSPS) is 20.2. The minimum absolute atomic E-state index is 0.00256. The van der Waals surface area contributed by atoms with Crippen LogP contribution in [0, 0.1) is 6.92 Å². The van der Waals surface area contributed by atoms with Gasteiger partial charge in [0.2, 0.25) is 0 Å². The molecule has 1 saturated heterocycles. The molecule has 0 saturated carbocycles. The zero-order valence-corrected chi connectivity index (χ0v) is 15.9. The molecule has 1 aromatic carbocycles. The minimum atomic E-state index is -0.517. The molecule has 1 fully saturated rings. The smallest absolute Gasteiger partial charge is 0.263 e. The summed E-state index contributed by atoms with van der Waals surface area (Å²) >= 11 is 0. The van der Waals surface area contributed by atoms with Crippen LogP contribution >= 0.6 is 0 Å². The van der Waals surface area contributed by atoms with Crippen molar-refractivity contribution in [3.05, 3.63) is 53.1 Å². The third-order valence-corrected chi connectivity index (χ3v) is 5.32. The molecular weight excluding hydrogens is 340 g/mol. The van der Waals surface area contributed by atoms with Crippen LogP contribution in [0.1, 0.15) is 48.5 Å². The Kier molecular flexibility index (Phi) is 5.07. The van der Waals surface area contributed by atoms with Crippen molar-refractivity contribution < 1.29 is 9.53 Å². The Morgan fingerprint density at radius 1 is 1.33 bits per heavy atom. The molecule has 142 valence electrons. The Labute approximate surface area is 160 Å². The van der Waals surface area contributed by atoms with Gasteiger partial charge in [-0.15, -0.1) is 0 Å². The number of carbonyl (C=O) groups is 1. The van der Waals surface area contributed by atoms with Gasteiger partial charge in [0.15, 0.2) is 6.10 Å². The first-order valence-corrected chi connectivity index (χ1v) is 9.70. The Bertz CT molecular complexity index is 815. The molecule has 2 aromatic rings. The van der Waals surface area contributed by atoms with Gasteiger partial charge in [0.05, 0.1) is 11.7 Å². The molecule has 2 atom stereocenters. The third-order valence-electron chi connectivity index (χ3n) is 5.32. The van der Waals surface area contributed by atoms with Crippen molar-refractivity contribution in [1.29, 1.82) is 0 Å². The monoisotopic (exact) mass is 366 g/mol. The predicted molar refractivity (Wildman–Crippen MR) is 102 cm³/mol. The third kappa shape index (κ3) is 3.95. The van der Waals surface area contributed by atoms with Gasteiger partial charge in [0.25, 0.3) is 5.91 Å². The van der Waals surface area contributed by atoms with Crippen LogP contribution in [0.5, 0.6) is 5.75 Å². The van der Waals surface area contributed by atoms with Crippen molar-refractivity contribution in [2.75, 3.05) is 13.1 Å². The molecular formula is C21H26N4O2. The van der Waals surface area contributed by atoms with E-state index in [1.165, 1.54) is 12.0 Å². The number of benzene rings is 1. The van der Waals surface area contributed by atoms with E-state index in [2.05, 4.69) is 10.3 Å². The van der Waals surface area contributed by atoms with Gasteiger partial charge in [-0.25, -0.2) is 9.97 Å². The summed E-state index contributed by atoms with van der Waals surface area (Å²) < 4.78 is 5.83. The molecule has 0 spiro atoms. The number of rotatable bonds is 4. The second-order valence-electron chi connectivity index (χ2n) is 7.43. The summed E-state index contributed by atoms with van der Waals surface area (Å²) in [6.07, 6.45) is 4.41. The highest BCUT2D eigenvalue weighted by Crippen LogP contribution is 2.24. The number of hydrogen-bond acceptors (Lipinski definition) is 5. The van der Waals surface area contributed by atoms with Crippen LogP contribution in [0.15, 0.2) is 30.5 Å². The van der Waals surface area contributed by atoms with Crippen LogP contribution < -0.4 is 10.1 Å². The van der Waals surface area contributed by atoms with Gasteiger partial charge in [-0.3, -0.25) is 4.79 Å². The van der Waals surface area contributed by atoms with E-state index in [-0.39, 0.29) is 11.9 Å². The number of nitrogens with one attached hydrogen (secondary N) is 1. The lowest BCUT2D eigenvalue weighted by molar-refractivity contribution is -0.138. The Morgan fingerprint density at radius 2 is 2.15 bits per heavy atom. The van der Waals surface area contributed by atoms with E-state index in [1.54, 1.807) is 0 Å². The van der Waals surface area contributed by atoms with Gasteiger partial charge in [0.1, 0.15) is 11.6 Å². The van der Waals surface area contributed by atoms with Crippen molar-refractivity contribution in [1.82, 2.24) is 20.2 Å². The first kappa shape index (κ1) is 17.9. The Balaban J connectivity index is 1.40. The van der Waals surface area contributed by atoms with Gasteiger partial charge < -0.3 is 15.0 Å². The standard InChI is InChI=1S/C21H26N4O2/c1-14-5-7-17(8-6-14)27-15(2)21(26)25-11-9-18-16(13-25)12-23-20(24-18)19-4-3-10-22-19/h5-8,12,15,19,22H,3-4,9-11,13H2,1-2H3/t15-,19-/m0/s1. The molecule has 0 unspecified atom stereocenters. The number of ether oxygens (including phenoxy) is 1. The Morgan fingerprint density at radius 3 is 2.89 bits per heavy atom. The van der Waals surface area contributed by atoms with Crippen LogP contribution in [0.2, 0.25) is 0 Å². The number of carbonyl (C=O) groups excluding carboxylic acids is 1. The van der Waals surface area contributed by atoms with Gasteiger partial charge in [-0.2, -0.15) is 0 Å². The molecule has 0 aliphatic carbocycles. The fourth-order valence-corrected chi connectivity index (χ4v) is 3.72. The van der Waals surface area contributed by atoms with Gasteiger partial charge in [-0.1, -0.05) is 17.7 Å². The summed E-state index contributed by atoms with van der Waals surface area (Å²) in [5.41, 5.74) is 3.28. The maximum atomic E-state index is 12.8. The summed E-state index contributed by atoms with van der Waals surface area (Å²) in [7, 11) is 0. The second kappa shape index (κ2) is 7.64. The van der Waals surface area contributed by atoms with Crippen LogP contribution in [-0.4, -0.2) is 40.0 Å². The highest BCUT2D eigenvalue weighted by molar-refractivity contribution is 5.81. The highest BCUT2D eigenvalue weighted by Gasteiger charge is 2.28. The zero-order chi connectivity index (χ0) is 18.8. The molecule has 0 radical (unpaired) electrons. The average molecular weight is 366 g/mol. The SMILES string of the molecule is Cc1ccc(O[C@@H](C)C(=O)N2CCc3nc([C@@H]4CCCN4)ncc3C2)cc1. The van der Waals surface area contributed by atoms with E-state index >= 15 is 0 Å². The molecule has 1 N–H and O–H groups in total. The molecule has 1 aromatic heterocycles. The number of hydrogen-bond donors (Lipinski definition) is 1. The van der Waals surface area contributed by atoms with Crippen LogP contribution in [0.3, 0.4) is 0 Å². The number of aryl methyl sites for hydroxylation is 1. The molecule has 27 heavy (non-hydrogen) atoms. The molecule has 6 nitrogen and oxygen atoms in total. The van der Waals surface area contributed by atoms with E-state index in [9.17, 15) is 4.79 Å². The fraction of sp³-hybridized carbons (Fsp3) is 0.476. The quantitative estimate of drug-likeness (QED) is 0.901. The maximum absolute atomic E-state index is 12.8. The molecule has 6 heteroatoms. The fourth-order valence-electron chi connectivity index (χ4n) is 3.72. The number of fused-ring (bicyclic) bond motifs is 1. The lowest BCUT2D eigenvalue weighted by atomic mass is 10.1. The van der Waals surface area contributed by atoms with Crippen molar-refractivity contribution in [2.45, 2.75) is 51.8 Å². The van der Waals surface area contributed by atoms with E-state index in [4.69, 9.17) is 9.72 Å². The van der Waals surface area contributed by atoms with E-state index in [0.717, 1.165) is 42.2 Å². The minimum Gasteiger partial charge on any atom is -0.481 e. The number of aromatic nitrogens is 2. The van der Waals surface area contributed by atoms with Gasteiger partial charge in [0, 0.05) is 31.3 Å². The lowest BCUT2D eigenvalue weighted by Gasteiger charge is -2.30. The van der Waals surface area contributed by atoms with E-state index in [0.29, 0.717) is 13.1 Å². The second-order valence-corrected chi connectivity index (χ2v) is 7.43. The summed E-state index contributed by atoms with van der Waals surface area (Å²) in [4.78, 5) is 24.0. The lowest BCUT2D eigenvalue weighted by Crippen LogP contribution is -2.43. The van der Waals surface area contributed by atoms with Crippen molar-refractivity contribution in [2.24, 2.45) is 0 Å². The van der Waals surface area contributed by atoms with Crippen LogP contribution in [0.4, 0.5) is 0 Å². The number of amides is 1. The summed E-state index contributed by atoms with van der Waals surface area (Å²) in [5.74, 6) is 1.61. The van der Waals surface area contributed by atoms with Crippen molar-refractivity contribution in [3.8, 4) is 5.75 Å². The molecule has 3 heterocycles. The molecule has 4 rings (SSSR count). The first-order valence-electron chi connectivity index (χ1n) is 9.70. The zero-order valence-electron chi connectivity index (χ0n) is 15.9. The number of nitrogens with zero attached hydrogens (tertiary/aromatic N) is 3. The average Bonchev–Trinajstić information content (AvgIpc) is 3.23. The molecule has 0 bridgehead atoms. The van der Waals surface area contributed by atoms with Gasteiger partial charge >= 0.3 is 0 Å². The van der Waals surface area contributed by atoms with Crippen LogP contribution in [0.25, 0.3) is 0 Å². The maximum Gasteiger partial charge on any atom is 0.263 e. The predicted octanol–water partition coefficient (Wildman–Crippen LogP) is 2.56. The van der Waals surface area contributed by atoms with Crippen molar-refractivity contribution in [3.63, 3.8) is 0 Å². The van der Waals surface area contributed by atoms with E-state index < -0.39 is 6.10 Å². The van der Waals surface area contributed by atoms with Gasteiger partial charge in [-0.05, 0) is 45.4 Å². The van der Waals surface area contributed by atoms with E-state index in [1.807, 2.05) is 49.2 Å². The van der Waals surface area contributed by atoms with Crippen LogP contribution in [-0.2, 0) is 17.8 Å².